The monoisotopic (exact) mass is 287 g/mol. The Balaban J connectivity index is 2.28. The molecule has 0 aliphatic rings. The molecule has 0 radical (unpaired) electrons. The van der Waals surface area contributed by atoms with Gasteiger partial charge in [-0.05, 0) is 37.5 Å². The summed E-state index contributed by atoms with van der Waals surface area (Å²) in [5.74, 6) is 0.243. The summed E-state index contributed by atoms with van der Waals surface area (Å²) in [6.07, 6.45) is 0.505. The van der Waals surface area contributed by atoms with Crippen LogP contribution in [0.5, 0.6) is 5.75 Å². The van der Waals surface area contributed by atoms with E-state index in [1.54, 1.807) is 19.1 Å². The predicted molar refractivity (Wildman–Crippen MR) is 84.0 cm³/mol. The molecule has 0 aliphatic heterocycles. The molecule has 0 saturated carbocycles. The van der Waals surface area contributed by atoms with Crippen molar-refractivity contribution >= 4 is 0 Å². The molecule has 0 bridgehead atoms. The van der Waals surface area contributed by atoms with E-state index >= 15 is 0 Å². The summed E-state index contributed by atoms with van der Waals surface area (Å²) in [5.41, 5.74) is 8.98. The minimum Gasteiger partial charge on any atom is -0.484 e. The molecule has 0 spiro atoms. The average molecular weight is 287 g/mol. The molecule has 2 aromatic rings. The van der Waals surface area contributed by atoms with E-state index in [4.69, 9.17) is 10.5 Å². The Labute approximate surface area is 125 Å². The lowest BCUT2D eigenvalue weighted by Crippen LogP contribution is -2.31. The van der Waals surface area contributed by atoms with Crippen molar-refractivity contribution in [2.24, 2.45) is 5.73 Å². The van der Waals surface area contributed by atoms with Crippen LogP contribution in [0.4, 0.5) is 4.39 Å². The normalized spacial score (nSPS) is 13.8. The molecular formula is C18H22FNO. The van der Waals surface area contributed by atoms with Crippen LogP contribution in [0.15, 0.2) is 42.5 Å². The standard InChI is InChI=1S/C18H22FNO/c1-4-17(20)18(14-8-5-12(2)6-9-14)21-15-10-7-13(3)16(19)11-15/h5-11,17-18H,4,20H2,1-3H3. The van der Waals surface area contributed by atoms with Crippen molar-refractivity contribution in [2.45, 2.75) is 39.3 Å². The third kappa shape index (κ3) is 3.82. The number of hydrogen-bond donors (Lipinski definition) is 1. The fraction of sp³-hybridized carbons (Fsp3) is 0.333. The van der Waals surface area contributed by atoms with Crippen LogP contribution in [-0.2, 0) is 0 Å². The number of ether oxygens (including phenoxy) is 1. The number of halogens is 1. The second-order valence-electron chi connectivity index (χ2n) is 5.43. The fourth-order valence-electron chi connectivity index (χ4n) is 2.17. The van der Waals surface area contributed by atoms with Gasteiger partial charge in [0.15, 0.2) is 0 Å². The molecule has 2 N–H and O–H groups in total. The first-order valence-corrected chi connectivity index (χ1v) is 7.26. The predicted octanol–water partition coefficient (Wildman–Crippen LogP) is 4.30. The van der Waals surface area contributed by atoms with Crippen LogP contribution in [-0.4, -0.2) is 6.04 Å². The van der Waals surface area contributed by atoms with E-state index in [0.717, 1.165) is 12.0 Å². The number of rotatable bonds is 5. The number of nitrogens with two attached hydrogens (primary N) is 1. The molecule has 2 nitrogen and oxygen atoms in total. The lowest BCUT2D eigenvalue weighted by Gasteiger charge is -2.25. The van der Waals surface area contributed by atoms with Gasteiger partial charge in [0, 0.05) is 12.1 Å². The van der Waals surface area contributed by atoms with Crippen LogP contribution in [0, 0.1) is 19.7 Å². The maximum absolute atomic E-state index is 13.7. The molecule has 21 heavy (non-hydrogen) atoms. The Morgan fingerprint density at radius 1 is 1.10 bits per heavy atom. The van der Waals surface area contributed by atoms with Gasteiger partial charge >= 0.3 is 0 Å². The van der Waals surface area contributed by atoms with Crippen molar-refractivity contribution in [3.05, 3.63) is 65.0 Å². The molecular weight excluding hydrogens is 265 g/mol. The third-order valence-electron chi connectivity index (χ3n) is 3.67. The maximum atomic E-state index is 13.7. The molecule has 2 rings (SSSR count). The summed E-state index contributed by atoms with van der Waals surface area (Å²) in [7, 11) is 0. The van der Waals surface area contributed by atoms with Gasteiger partial charge in [0.1, 0.15) is 17.7 Å². The Bertz CT molecular complexity index is 595. The minimum atomic E-state index is -0.280. The van der Waals surface area contributed by atoms with Crippen LogP contribution < -0.4 is 10.5 Å². The van der Waals surface area contributed by atoms with Crippen LogP contribution in [0.3, 0.4) is 0 Å². The molecule has 2 atom stereocenters. The second kappa shape index (κ2) is 6.72. The Morgan fingerprint density at radius 3 is 2.33 bits per heavy atom. The van der Waals surface area contributed by atoms with Gasteiger partial charge in [-0.25, -0.2) is 4.39 Å². The lowest BCUT2D eigenvalue weighted by atomic mass is 9.99. The third-order valence-corrected chi connectivity index (χ3v) is 3.67. The first-order valence-electron chi connectivity index (χ1n) is 7.26. The second-order valence-corrected chi connectivity index (χ2v) is 5.43. The Morgan fingerprint density at radius 2 is 1.76 bits per heavy atom. The van der Waals surface area contributed by atoms with E-state index in [2.05, 4.69) is 0 Å². The van der Waals surface area contributed by atoms with Crippen LogP contribution in [0.25, 0.3) is 0 Å². The molecule has 2 unspecified atom stereocenters. The molecule has 2 aromatic carbocycles. The average Bonchev–Trinajstić information content (AvgIpc) is 2.48. The van der Waals surface area contributed by atoms with Gasteiger partial charge in [0.25, 0.3) is 0 Å². The van der Waals surface area contributed by atoms with Gasteiger partial charge in [-0.2, -0.15) is 0 Å². The van der Waals surface area contributed by atoms with Gasteiger partial charge < -0.3 is 10.5 Å². The molecule has 0 fully saturated rings. The van der Waals surface area contributed by atoms with E-state index in [0.29, 0.717) is 11.3 Å². The molecule has 0 amide bonds. The molecule has 0 saturated heterocycles. The zero-order chi connectivity index (χ0) is 15.4. The number of hydrogen-bond acceptors (Lipinski definition) is 2. The van der Waals surface area contributed by atoms with Crippen molar-refractivity contribution in [3.63, 3.8) is 0 Å². The number of aryl methyl sites for hydroxylation is 2. The SMILES string of the molecule is CCC(N)C(Oc1ccc(C)c(F)c1)c1ccc(C)cc1. The van der Waals surface area contributed by atoms with Gasteiger partial charge in [0.05, 0.1) is 0 Å². The zero-order valence-electron chi connectivity index (χ0n) is 12.8. The number of benzene rings is 2. The minimum absolute atomic E-state index is 0.142. The van der Waals surface area contributed by atoms with Gasteiger partial charge in [-0.1, -0.05) is 42.8 Å². The fourth-order valence-corrected chi connectivity index (χ4v) is 2.17. The summed E-state index contributed by atoms with van der Waals surface area (Å²) >= 11 is 0. The van der Waals surface area contributed by atoms with E-state index in [1.165, 1.54) is 11.6 Å². The van der Waals surface area contributed by atoms with Crippen LogP contribution >= 0.6 is 0 Å². The van der Waals surface area contributed by atoms with Crippen molar-refractivity contribution in [1.82, 2.24) is 0 Å². The molecule has 0 heterocycles. The zero-order valence-corrected chi connectivity index (χ0v) is 12.8. The summed E-state index contributed by atoms with van der Waals surface area (Å²) in [5, 5.41) is 0. The van der Waals surface area contributed by atoms with E-state index in [9.17, 15) is 4.39 Å². The Kier molecular flexibility index (Phi) is 4.97. The highest BCUT2D eigenvalue weighted by Crippen LogP contribution is 2.27. The molecule has 112 valence electrons. The topological polar surface area (TPSA) is 35.2 Å². The van der Waals surface area contributed by atoms with E-state index < -0.39 is 0 Å². The highest BCUT2D eigenvalue weighted by Gasteiger charge is 2.20. The highest BCUT2D eigenvalue weighted by molar-refractivity contribution is 5.30. The van der Waals surface area contributed by atoms with Gasteiger partial charge in [-0.15, -0.1) is 0 Å². The maximum Gasteiger partial charge on any atom is 0.139 e. The van der Waals surface area contributed by atoms with Crippen molar-refractivity contribution in [2.75, 3.05) is 0 Å². The Hall–Kier alpha value is -1.87. The molecule has 0 aromatic heterocycles. The first kappa shape index (κ1) is 15.5. The largest absolute Gasteiger partial charge is 0.484 e. The van der Waals surface area contributed by atoms with E-state index in [-0.39, 0.29) is 18.0 Å². The molecule has 3 heteroatoms. The quantitative estimate of drug-likeness (QED) is 0.890. The summed E-state index contributed by atoms with van der Waals surface area (Å²) in [6, 6.07) is 12.9. The smallest absolute Gasteiger partial charge is 0.139 e. The summed E-state index contributed by atoms with van der Waals surface area (Å²) in [4.78, 5) is 0. The lowest BCUT2D eigenvalue weighted by molar-refractivity contribution is 0.170. The summed E-state index contributed by atoms with van der Waals surface area (Å²) < 4.78 is 19.6. The molecule has 0 aliphatic carbocycles. The van der Waals surface area contributed by atoms with Crippen molar-refractivity contribution in [3.8, 4) is 5.75 Å². The van der Waals surface area contributed by atoms with Crippen LogP contribution in [0.1, 0.15) is 36.1 Å². The summed E-state index contributed by atoms with van der Waals surface area (Å²) in [6.45, 7) is 5.79. The highest BCUT2D eigenvalue weighted by atomic mass is 19.1. The van der Waals surface area contributed by atoms with Gasteiger partial charge in [0.2, 0.25) is 0 Å². The van der Waals surface area contributed by atoms with Crippen molar-refractivity contribution in [1.29, 1.82) is 0 Å². The van der Waals surface area contributed by atoms with Crippen LogP contribution in [0.2, 0.25) is 0 Å². The van der Waals surface area contributed by atoms with Crippen molar-refractivity contribution < 1.29 is 9.13 Å². The van der Waals surface area contributed by atoms with Gasteiger partial charge in [-0.3, -0.25) is 0 Å². The van der Waals surface area contributed by atoms with E-state index in [1.807, 2.05) is 38.1 Å². The first-order chi connectivity index (χ1) is 10.0.